The smallest absolute Gasteiger partial charge is 0.135 e. The lowest BCUT2D eigenvalue weighted by atomic mass is 9.95. The minimum atomic E-state index is 0.622. The number of aromatic nitrogens is 2. The number of hydrogen-bond donors (Lipinski definition) is 0. The van der Waals surface area contributed by atoms with Gasteiger partial charge in [-0.1, -0.05) is 38.0 Å². The van der Waals surface area contributed by atoms with E-state index in [1.165, 1.54) is 25.7 Å². The first-order valence-corrected chi connectivity index (χ1v) is 8.23. The SMILES string of the molecule is C/C=C\CCC(CCC)CCOCc1ccc2nonc2c1. The summed E-state index contributed by atoms with van der Waals surface area (Å²) in [5.41, 5.74) is 2.69. The van der Waals surface area contributed by atoms with E-state index >= 15 is 0 Å². The number of fused-ring (bicyclic) bond motifs is 1. The van der Waals surface area contributed by atoms with E-state index in [9.17, 15) is 0 Å². The number of benzene rings is 1. The predicted molar refractivity (Wildman–Crippen MR) is 88.5 cm³/mol. The molecule has 120 valence electrons. The Bertz CT molecular complexity index is 577. The van der Waals surface area contributed by atoms with Crippen molar-refractivity contribution in [1.82, 2.24) is 10.3 Å². The van der Waals surface area contributed by atoms with Crippen molar-refractivity contribution in [3.05, 3.63) is 35.9 Å². The van der Waals surface area contributed by atoms with Gasteiger partial charge in [0.1, 0.15) is 11.0 Å². The predicted octanol–water partition coefficient (Wildman–Crippen LogP) is 4.90. The number of rotatable bonds is 10. The summed E-state index contributed by atoms with van der Waals surface area (Å²) in [7, 11) is 0. The van der Waals surface area contributed by atoms with Crippen LogP contribution in [0.5, 0.6) is 0 Å². The fourth-order valence-electron chi connectivity index (χ4n) is 2.70. The zero-order chi connectivity index (χ0) is 15.6. The van der Waals surface area contributed by atoms with Gasteiger partial charge >= 0.3 is 0 Å². The van der Waals surface area contributed by atoms with Crippen LogP contribution >= 0.6 is 0 Å². The highest BCUT2D eigenvalue weighted by molar-refractivity contribution is 5.73. The number of hydrogen-bond acceptors (Lipinski definition) is 4. The highest BCUT2D eigenvalue weighted by Crippen LogP contribution is 2.19. The summed E-state index contributed by atoms with van der Waals surface area (Å²) >= 11 is 0. The molecule has 4 nitrogen and oxygen atoms in total. The van der Waals surface area contributed by atoms with Gasteiger partial charge in [-0.25, -0.2) is 4.63 Å². The maximum absolute atomic E-state index is 5.83. The van der Waals surface area contributed by atoms with Crippen LogP contribution in [0, 0.1) is 5.92 Å². The molecule has 1 atom stereocenters. The van der Waals surface area contributed by atoms with Crippen molar-refractivity contribution in [2.45, 2.75) is 52.6 Å². The molecule has 2 aromatic rings. The normalized spacial score (nSPS) is 13.2. The molecule has 0 fully saturated rings. The largest absolute Gasteiger partial charge is 0.377 e. The van der Waals surface area contributed by atoms with Gasteiger partial charge in [-0.05, 0) is 60.1 Å². The van der Waals surface area contributed by atoms with Crippen LogP contribution in [0.2, 0.25) is 0 Å². The molecule has 1 aromatic heterocycles. The summed E-state index contributed by atoms with van der Waals surface area (Å²) in [6.07, 6.45) is 10.5. The minimum absolute atomic E-state index is 0.622. The Balaban J connectivity index is 1.72. The Labute approximate surface area is 132 Å². The molecule has 0 N–H and O–H groups in total. The maximum atomic E-state index is 5.83. The third-order valence-corrected chi connectivity index (χ3v) is 3.93. The first-order chi connectivity index (χ1) is 10.8. The van der Waals surface area contributed by atoms with E-state index < -0.39 is 0 Å². The van der Waals surface area contributed by atoms with Crippen molar-refractivity contribution in [3.8, 4) is 0 Å². The summed E-state index contributed by atoms with van der Waals surface area (Å²) in [5.74, 6) is 0.767. The van der Waals surface area contributed by atoms with E-state index in [0.717, 1.165) is 35.5 Å². The van der Waals surface area contributed by atoms with E-state index in [0.29, 0.717) is 6.61 Å². The highest BCUT2D eigenvalue weighted by atomic mass is 16.6. The Morgan fingerprint density at radius 1 is 1.18 bits per heavy atom. The molecule has 22 heavy (non-hydrogen) atoms. The maximum Gasteiger partial charge on any atom is 0.135 e. The Morgan fingerprint density at radius 3 is 2.86 bits per heavy atom. The van der Waals surface area contributed by atoms with E-state index in [4.69, 9.17) is 9.37 Å². The van der Waals surface area contributed by atoms with Crippen LogP contribution in [0.25, 0.3) is 11.0 Å². The molecule has 4 heteroatoms. The summed E-state index contributed by atoms with van der Waals surface area (Å²) in [6.45, 7) is 5.77. The highest BCUT2D eigenvalue weighted by Gasteiger charge is 2.07. The molecular formula is C18H26N2O2. The van der Waals surface area contributed by atoms with Crippen LogP contribution in [0.1, 0.15) is 51.5 Å². The van der Waals surface area contributed by atoms with Crippen molar-refractivity contribution in [2.75, 3.05) is 6.61 Å². The van der Waals surface area contributed by atoms with Crippen molar-refractivity contribution < 1.29 is 9.37 Å². The van der Waals surface area contributed by atoms with E-state index in [-0.39, 0.29) is 0 Å². The molecule has 0 bridgehead atoms. The van der Waals surface area contributed by atoms with Gasteiger partial charge in [0.15, 0.2) is 0 Å². The third-order valence-electron chi connectivity index (χ3n) is 3.93. The Kier molecular flexibility index (Phi) is 7.10. The van der Waals surface area contributed by atoms with Crippen LogP contribution in [0.15, 0.2) is 35.0 Å². The van der Waals surface area contributed by atoms with E-state index in [1.54, 1.807) is 0 Å². The van der Waals surface area contributed by atoms with Crippen LogP contribution in [-0.2, 0) is 11.3 Å². The molecule has 1 unspecified atom stereocenters. The lowest BCUT2D eigenvalue weighted by Gasteiger charge is -2.15. The zero-order valence-corrected chi connectivity index (χ0v) is 13.6. The first-order valence-electron chi connectivity index (χ1n) is 8.23. The molecule has 2 rings (SSSR count). The standard InChI is InChI=1S/C18H26N2O2/c1-3-5-6-8-15(7-4-2)11-12-21-14-16-9-10-17-18(13-16)20-22-19-17/h3,5,9-10,13,15H,4,6-8,11-12,14H2,1-2H3/b5-3-. The van der Waals surface area contributed by atoms with Gasteiger partial charge in [-0.2, -0.15) is 0 Å². The topological polar surface area (TPSA) is 48.2 Å². The number of nitrogens with zero attached hydrogens (tertiary/aromatic N) is 2. The van der Waals surface area contributed by atoms with Crippen LogP contribution in [0.4, 0.5) is 0 Å². The second-order valence-corrected chi connectivity index (χ2v) is 5.73. The summed E-state index contributed by atoms with van der Waals surface area (Å²) < 4.78 is 10.5. The molecule has 0 radical (unpaired) electrons. The Hall–Kier alpha value is -1.68. The van der Waals surface area contributed by atoms with Gasteiger partial charge in [0.25, 0.3) is 0 Å². The van der Waals surface area contributed by atoms with Crippen molar-refractivity contribution in [1.29, 1.82) is 0 Å². The van der Waals surface area contributed by atoms with Gasteiger partial charge in [0, 0.05) is 6.61 Å². The molecule has 0 saturated carbocycles. The van der Waals surface area contributed by atoms with E-state index in [1.807, 2.05) is 18.2 Å². The molecule has 0 amide bonds. The van der Waals surface area contributed by atoms with Gasteiger partial charge in [0.2, 0.25) is 0 Å². The molecule has 1 aromatic carbocycles. The average molecular weight is 302 g/mol. The molecule has 1 heterocycles. The monoisotopic (exact) mass is 302 g/mol. The van der Waals surface area contributed by atoms with Gasteiger partial charge in [-0.3, -0.25) is 0 Å². The second-order valence-electron chi connectivity index (χ2n) is 5.73. The van der Waals surface area contributed by atoms with Crippen LogP contribution in [0.3, 0.4) is 0 Å². The molecule has 0 spiro atoms. The van der Waals surface area contributed by atoms with Crippen molar-refractivity contribution in [2.24, 2.45) is 5.92 Å². The lowest BCUT2D eigenvalue weighted by molar-refractivity contribution is 0.105. The molecule has 0 saturated heterocycles. The third kappa shape index (κ3) is 5.26. The second kappa shape index (κ2) is 9.36. The number of allylic oxidation sites excluding steroid dienone is 2. The first kappa shape index (κ1) is 16.7. The Morgan fingerprint density at radius 2 is 2.05 bits per heavy atom. The molecular weight excluding hydrogens is 276 g/mol. The fourth-order valence-corrected chi connectivity index (χ4v) is 2.70. The molecule has 0 aliphatic rings. The summed E-state index contributed by atoms with van der Waals surface area (Å²) in [4.78, 5) is 0. The summed E-state index contributed by atoms with van der Waals surface area (Å²) in [5, 5.41) is 7.66. The van der Waals surface area contributed by atoms with Crippen molar-refractivity contribution >= 4 is 11.0 Å². The quantitative estimate of drug-likeness (QED) is 0.462. The van der Waals surface area contributed by atoms with E-state index in [2.05, 4.69) is 36.3 Å². The average Bonchev–Trinajstić information content (AvgIpc) is 2.99. The fraction of sp³-hybridized carbons (Fsp3) is 0.556. The zero-order valence-electron chi connectivity index (χ0n) is 13.6. The van der Waals surface area contributed by atoms with Gasteiger partial charge in [0.05, 0.1) is 6.61 Å². The minimum Gasteiger partial charge on any atom is -0.377 e. The van der Waals surface area contributed by atoms with Crippen molar-refractivity contribution in [3.63, 3.8) is 0 Å². The van der Waals surface area contributed by atoms with Gasteiger partial charge < -0.3 is 4.74 Å². The van der Waals surface area contributed by atoms with Crippen LogP contribution in [-0.4, -0.2) is 16.9 Å². The summed E-state index contributed by atoms with van der Waals surface area (Å²) in [6, 6.07) is 5.91. The number of ether oxygens (including phenoxy) is 1. The lowest BCUT2D eigenvalue weighted by Crippen LogP contribution is -2.05. The molecule has 0 aliphatic heterocycles. The molecule has 0 aliphatic carbocycles. The van der Waals surface area contributed by atoms with Gasteiger partial charge in [-0.15, -0.1) is 0 Å². The van der Waals surface area contributed by atoms with Crippen LogP contribution < -0.4 is 0 Å².